The van der Waals surface area contributed by atoms with Crippen molar-refractivity contribution in [2.45, 2.75) is 12.5 Å². The molecule has 1 fully saturated rings. The van der Waals surface area contributed by atoms with E-state index in [-0.39, 0.29) is 25.0 Å². The Morgan fingerprint density at radius 2 is 2.27 bits per heavy atom. The molecule has 1 aliphatic rings. The monoisotopic (exact) mass is 216 g/mol. The van der Waals surface area contributed by atoms with E-state index in [1.165, 1.54) is 0 Å². The van der Waals surface area contributed by atoms with E-state index in [1.54, 1.807) is 0 Å². The Kier molecular flexibility index (Phi) is 4.04. The maximum atomic E-state index is 11.1. The molecule has 1 aliphatic heterocycles. The number of nitrogens with one attached hydrogen (secondary N) is 2. The van der Waals surface area contributed by atoms with Crippen molar-refractivity contribution in [1.82, 2.24) is 10.6 Å². The van der Waals surface area contributed by atoms with Crippen molar-refractivity contribution in [3.63, 3.8) is 0 Å². The maximum Gasteiger partial charge on any atom is 0.329 e. The number of carboxylic acids is 1. The van der Waals surface area contributed by atoms with Gasteiger partial charge in [0.15, 0.2) is 0 Å². The molecule has 84 valence electrons. The van der Waals surface area contributed by atoms with Gasteiger partial charge in [-0.2, -0.15) is 0 Å². The molecule has 15 heavy (non-hydrogen) atoms. The second kappa shape index (κ2) is 5.30. The predicted octanol–water partition coefficient (Wildman–Crippen LogP) is -1.91. The Morgan fingerprint density at radius 1 is 1.53 bits per heavy atom. The summed E-state index contributed by atoms with van der Waals surface area (Å²) in [5.74, 6) is -1.65. The van der Waals surface area contributed by atoms with Gasteiger partial charge < -0.3 is 20.5 Å². The number of carbonyl (C=O) groups excluding carboxylic acids is 2. The van der Waals surface area contributed by atoms with Crippen LogP contribution in [0.4, 0.5) is 0 Å². The highest BCUT2D eigenvalue weighted by Crippen LogP contribution is 1.98. The average molecular weight is 216 g/mol. The van der Waals surface area contributed by atoms with Crippen molar-refractivity contribution in [3.05, 3.63) is 0 Å². The van der Waals surface area contributed by atoms with Crippen molar-refractivity contribution >= 4 is 17.8 Å². The van der Waals surface area contributed by atoms with Crippen molar-refractivity contribution < 1.29 is 24.2 Å². The van der Waals surface area contributed by atoms with E-state index >= 15 is 0 Å². The second-order valence-electron chi connectivity index (χ2n) is 3.16. The molecule has 0 aromatic carbocycles. The first-order valence-corrected chi connectivity index (χ1v) is 4.43. The molecule has 7 nitrogen and oxygen atoms in total. The van der Waals surface area contributed by atoms with Crippen molar-refractivity contribution in [3.8, 4) is 0 Å². The lowest BCUT2D eigenvalue weighted by molar-refractivity contribution is -0.143. The summed E-state index contributed by atoms with van der Waals surface area (Å²) in [6.45, 7) is -0.407. The molecule has 1 unspecified atom stereocenters. The van der Waals surface area contributed by atoms with Crippen LogP contribution in [0.3, 0.4) is 0 Å². The molecule has 1 heterocycles. The molecular formula is C8H12N2O5. The first-order valence-electron chi connectivity index (χ1n) is 4.43. The van der Waals surface area contributed by atoms with Crippen LogP contribution >= 0.6 is 0 Å². The fraction of sp³-hybridized carbons (Fsp3) is 0.625. The van der Waals surface area contributed by atoms with Crippen LogP contribution in [0.25, 0.3) is 0 Å². The summed E-state index contributed by atoms with van der Waals surface area (Å²) in [5.41, 5.74) is 0. The number of ether oxygens (including phenoxy) is 1. The van der Waals surface area contributed by atoms with Crippen LogP contribution in [0.1, 0.15) is 6.42 Å². The van der Waals surface area contributed by atoms with Crippen LogP contribution in [0, 0.1) is 0 Å². The maximum absolute atomic E-state index is 11.1. The zero-order chi connectivity index (χ0) is 11.3. The third-order valence-electron chi connectivity index (χ3n) is 1.80. The fourth-order valence-corrected chi connectivity index (χ4v) is 1.21. The van der Waals surface area contributed by atoms with E-state index in [0.717, 1.165) is 0 Å². The highest BCUT2D eigenvalue weighted by atomic mass is 16.5. The summed E-state index contributed by atoms with van der Waals surface area (Å²) >= 11 is 0. The SMILES string of the molecule is O=C(O)COCC(=O)NC1CNC(=O)C1. The Hall–Kier alpha value is -1.63. The van der Waals surface area contributed by atoms with Crippen molar-refractivity contribution in [1.29, 1.82) is 0 Å². The number of hydrogen-bond donors (Lipinski definition) is 3. The molecule has 0 aromatic rings. The topological polar surface area (TPSA) is 105 Å². The van der Waals surface area contributed by atoms with Crippen LogP contribution in [0.15, 0.2) is 0 Å². The smallest absolute Gasteiger partial charge is 0.329 e. The molecule has 3 N–H and O–H groups in total. The summed E-state index contributed by atoms with van der Waals surface area (Å²) in [4.78, 5) is 31.9. The Bertz CT molecular complexity index is 278. The largest absolute Gasteiger partial charge is 0.480 e. The van der Waals surface area contributed by atoms with Crippen LogP contribution in [-0.4, -0.2) is 48.7 Å². The van der Waals surface area contributed by atoms with Gasteiger partial charge >= 0.3 is 5.97 Å². The molecule has 1 rings (SSSR count). The number of carboxylic acid groups (broad SMARTS) is 1. The molecular weight excluding hydrogens is 204 g/mol. The molecule has 0 bridgehead atoms. The van der Waals surface area contributed by atoms with Gasteiger partial charge in [0.25, 0.3) is 0 Å². The number of amides is 2. The lowest BCUT2D eigenvalue weighted by Gasteiger charge is -2.09. The van der Waals surface area contributed by atoms with E-state index in [1.807, 2.05) is 0 Å². The minimum Gasteiger partial charge on any atom is -0.480 e. The number of hydrogen-bond acceptors (Lipinski definition) is 4. The minimum absolute atomic E-state index is 0.105. The van der Waals surface area contributed by atoms with Gasteiger partial charge in [0.2, 0.25) is 11.8 Å². The van der Waals surface area contributed by atoms with Crippen LogP contribution < -0.4 is 10.6 Å². The van der Waals surface area contributed by atoms with Gasteiger partial charge in [-0.15, -0.1) is 0 Å². The second-order valence-corrected chi connectivity index (χ2v) is 3.16. The van der Waals surface area contributed by atoms with Gasteiger partial charge in [-0.25, -0.2) is 4.79 Å². The predicted molar refractivity (Wildman–Crippen MR) is 48.0 cm³/mol. The summed E-state index contributed by atoms with van der Waals surface area (Å²) < 4.78 is 4.58. The molecule has 0 aromatic heterocycles. The number of rotatable bonds is 5. The van der Waals surface area contributed by atoms with Gasteiger partial charge in [0, 0.05) is 13.0 Å². The zero-order valence-corrected chi connectivity index (χ0v) is 7.99. The van der Waals surface area contributed by atoms with E-state index < -0.39 is 18.5 Å². The van der Waals surface area contributed by atoms with Crippen LogP contribution in [0.2, 0.25) is 0 Å². The standard InChI is InChI=1S/C8H12N2O5/c11-6-1-5(2-9-6)10-7(12)3-15-4-8(13)14/h5H,1-4H2,(H,9,11)(H,10,12)(H,13,14). The number of carbonyl (C=O) groups is 3. The first kappa shape index (κ1) is 11.4. The molecule has 1 saturated heterocycles. The third kappa shape index (κ3) is 4.41. The number of aliphatic carboxylic acids is 1. The van der Waals surface area contributed by atoms with Crippen LogP contribution in [0.5, 0.6) is 0 Å². The molecule has 0 radical (unpaired) electrons. The van der Waals surface area contributed by atoms with Gasteiger partial charge in [0.05, 0.1) is 6.04 Å². The lowest BCUT2D eigenvalue weighted by Crippen LogP contribution is -2.38. The normalized spacial score (nSPS) is 19.7. The third-order valence-corrected chi connectivity index (χ3v) is 1.80. The Balaban J connectivity index is 2.13. The fourth-order valence-electron chi connectivity index (χ4n) is 1.21. The molecule has 0 saturated carbocycles. The highest BCUT2D eigenvalue weighted by molar-refractivity contribution is 5.82. The summed E-state index contributed by atoms with van der Waals surface area (Å²) in [6.07, 6.45) is 0.255. The lowest BCUT2D eigenvalue weighted by atomic mass is 10.2. The van der Waals surface area contributed by atoms with Gasteiger partial charge in [0.1, 0.15) is 13.2 Å². The van der Waals surface area contributed by atoms with Crippen molar-refractivity contribution in [2.24, 2.45) is 0 Å². The molecule has 0 aliphatic carbocycles. The zero-order valence-electron chi connectivity index (χ0n) is 7.99. The average Bonchev–Trinajstić information content (AvgIpc) is 2.50. The van der Waals surface area contributed by atoms with Gasteiger partial charge in [-0.1, -0.05) is 0 Å². The summed E-state index contributed by atoms with van der Waals surface area (Å²) in [7, 11) is 0. The minimum atomic E-state index is -1.12. The summed E-state index contributed by atoms with van der Waals surface area (Å²) in [5, 5.41) is 13.3. The van der Waals surface area contributed by atoms with Gasteiger partial charge in [-0.3, -0.25) is 9.59 Å². The Labute approximate surface area is 85.8 Å². The van der Waals surface area contributed by atoms with E-state index in [2.05, 4.69) is 15.4 Å². The molecule has 0 spiro atoms. The molecule has 1 atom stereocenters. The molecule has 2 amide bonds. The van der Waals surface area contributed by atoms with Gasteiger partial charge in [-0.05, 0) is 0 Å². The first-order chi connectivity index (χ1) is 7.08. The van der Waals surface area contributed by atoms with E-state index in [9.17, 15) is 14.4 Å². The summed E-state index contributed by atoms with van der Waals surface area (Å²) in [6, 6.07) is -0.224. The van der Waals surface area contributed by atoms with Crippen molar-refractivity contribution in [2.75, 3.05) is 19.8 Å². The van der Waals surface area contributed by atoms with E-state index in [4.69, 9.17) is 5.11 Å². The molecule has 7 heteroatoms. The van der Waals surface area contributed by atoms with E-state index in [0.29, 0.717) is 6.54 Å². The van der Waals surface area contributed by atoms with Crippen LogP contribution in [-0.2, 0) is 19.1 Å². The quantitative estimate of drug-likeness (QED) is 0.497. The Morgan fingerprint density at radius 3 is 2.80 bits per heavy atom. The highest BCUT2D eigenvalue weighted by Gasteiger charge is 2.22.